The van der Waals surface area contributed by atoms with E-state index in [1.54, 1.807) is 4.52 Å². The highest BCUT2D eigenvalue weighted by Gasteiger charge is 2.23. The predicted molar refractivity (Wildman–Crippen MR) is 83.6 cm³/mol. The van der Waals surface area contributed by atoms with Crippen molar-refractivity contribution in [2.45, 2.75) is 26.4 Å². The molecule has 0 saturated carbocycles. The van der Waals surface area contributed by atoms with Crippen LogP contribution in [0, 0.1) is 0 Å². The van der Waals surface area contributed by atoms with E-state index in [4.69, 9.17) is 4.74 Å². The van der Waals surface area contributed by atoms with E-state index in [1.165, 1.54) is 0 Å². The van der Waals surface area contributed by atoms with Crippen LogP contribution >= 0.6 is 0 Å². The first kappa shape index (κ1) is 14.3. The minimum absolute atomic E-state index is 0.229. The maximum Gasteiger partial charge on any atom is 0.361 e. The van der Waals surface area contributed by atoms with E-state index >= 15 is 0 Å². The van der Waals surface area contributed by atoms with Crippen LogP contribution in [0.4, 0.5) is 0 Å². The number of aromatic nitrogens is 3. The monoisotopic (exact) mass is 295 g/mol. The Labute approximate surface area is 128 Å². The number of fused-ring (bicyclic) bond motifs is 1. The highest BCUT2D eigenvalue weighted by molar-refractivity contribution is 5.95. The lowest BCUT2D eigenvalue weighted by Crippen LogP contribution is -2.24. The van der Waals surface area contributed by atoms with E-state index in [2.05, 4.69) is 10.3 Å². The van der Waals surface area contributed by atoms with Gasteiger partial charge in [0.15, 0.2) is 5.69 Å². The third kappa shape index (κ3) is 2.70. The van der Waals surface area contributed by atoms with Crippen molar-refractivity contribution >= 4 is 11.5 Å². The fourth-order valence-electron chi connectivity index (χ4n) is 2.22. The number of esters is 1. The maximum atomic E-state index is 12.2. The molecule has 3 aromatic rings. The molecule has 5 heteroatoms. The summed E-state index contributed by atoms with van der Waals surface area (Å²) < 4.78 is 7.04. The first-order chi connectivity index (χ1) is 10.5. The average Bonchev–Trinajstić information content (AvgIpc) is 2.90. The Bertz CT molecular complexity index is 817. The third-order valence-electron chi connectivity index (χ3n) is 3.10. The number of pyridine rings is 1. The van der Waals surface area contributed by atoms with Gasteiger partial charge in [0, 0.05) is 5.56 Å². The van der Waals surface area contributed by atoms with Crippen LogP contribution in [0.15, 0.2) is 48.5 Å². The Morgan fingerprint density at radius 1 is 1.05 bits per heavy atom. The van der Waals surface area contributed by atoms with Crippen molar-refractivity contribution in [3.05, 3.63) is 54.2 Å². The van der Waals surface area contributed by atoms with Crippen LogP contribution < -0.4 is 0 Å². The zero-order valence-electron chi connectivity index (χ0n) is 12.8. The SMILES string of the molecule is CC(C)(C)OC(=O)c1nnn2c(-c3ccccc3)cccc12. The molecule has 0 N–H and O–H groups in total. The van der Waals surface area contributed by atoms with Gasteiger partial charge in [0.1, 0.15) is 11.1 Å². The lowest BCUT2D eigenvalue weighted by molar-refractivity contribution is 0.00651. The molecular formula is C17H17N3O2. The van der Waals surface area contributed by atoms with Crippen molar-refractivity contribution in [1.29, 1.82) is 0 Å². The van der Waals surface area contributed by atoms with Crippen LogP contribution in [0.25, 0.3) is 16.8 Å². The average molecular weight is 295 g/mol. The van der Waals surface area contributed by atoms with Crippen molar-refractivity contribution in [2.24, 2.45) is 0 Å². The van der Waals surface area contributed by atoms with Crippen molar-refractivity contribution in [1.82, 2.24) is 14.8 Å². The summed E-state index contributed by atoms with van der Waals surface area (Å²) in [7, 11) is 0. The van der Waals surface area contributed by atoms with Crippen LogP contribution in [0.2, 0.25) is 0 Å². The Morgan fingerprint density at radius 2 is 1.77 bits per heavy atom. The maximum absolute atomic E-state index is 12.2. The molecule has 1 aromatic carbocycles. The highest BCUT2D eigenvalue weighted by Crippen LogP contribution is 2.22. The molecule has 0 unspecified atom stereocenters. The molecule has 0 aliphatic heterocycles. The number of benzene rings is 1. The summed E-state index contributed by atoms with van der Waals surface area (Å²) in [5.41, 5.74) is 2.18. The summed E-state index contributed by atoms with van der Waals surface area (Å²) in [6.45, 7) is 5.48. The highest BCUT2D eigenvalue weighted by atomic mass is 16.6. The number of ether oxygens (including phenoxy) is 1. The topological polar surface area (TPSA) is 56.5 Å². The van der Waals surface area contributed by atoms with E-state index in [0.29, 0.717) is 5.52 Å². The van der Waals surface area contributed by atoms with Crippen LogP contribution in [-0.4, -0.2) is 26.4 Å². The second kappa shape index (κ2) is 5.26. The molecular weight excluding hydrogens is 278 g/mol. The summed E-state index contributed by atoms with van der Waals surface area (Å²) in [5.74, 6) is -0.465. The molecule has 0 saturated heterocycles. The van der Waals surface area contributed by atoms with Crippen molar-refractivity contribution in [3.8, 4) is 11.3 Å². The van der Waals surface area contributed by atoms with Crippen molar-refractivity contribution in [3.63, 3.8) is 0 Å². The minimum Gasteiger partial charge on any atom is -0.455 e. The van der Waals surface area contributed by atoms with E-state index in [9.17, 15) is 4.79 Å². The Balaban J connectivity index is 2.08. The van der Waals surface area contributed by atoms with Gasteiger partial charge in [-0.05, 0) is 32.9 Å². The van der Waals surface area contributed by atoms with E-state index < -0.39 is 11.6 Å². The van der Waals surface area contributed by atoms with Gasteiger partial charge < -0.3 is 4.74 Å². The Hall–Kier alpha value is -2.69. The molecule has 2 aromatic heterocycles. The standard InChI is InChI=1S/C17H17N3O2/c1-17(2,3)22-16(21)15-14-11-7-10-13(20(14)19-18-15)12-8-5-4-6-9-12/h4-11H,1-3H3. The van der Waals surface area contributed by atoms with Crippen LogP contribution in [0.5, 0.6) is 0 Å². The summed E-state index contributed by atoms with van der Waals surface area (Å²) in [6, 6.07) is 15.5. The third-order valence-corrected chi connectivity index (χ3v) is 3.10. The van der Waals surface area contributed by atoms with Gasteiger partial charge in [-0.3, -0.25) is 0 Å². The largest absolute Gasteiger partial charge is 0.455 e. The molecule has 22 heavy (non-hydrogen) atoms. The van der Waals surface area contributed by atoms with Gasteiger partial charge in [-0.15, -0.1) is 5.10 Å². The van der Waals surface area contributed by atoms with Crippen molar-refractivity contribution in [2.75, 3.05) is 0 Å². The fourth-order valence-corrected chi connectivity index (χ4v) is 2.22. The van der Waals surface area contributed by atoms with Crippen LogP contribution in [-0.2, 0) is 4.74 Å². The summed E-state index contributed by atoms with van der Waals surface area (Å²) in [4.78, 5) is 12.2. The molecule has 0 spiro atoms. The second-order valence-corrected chi connectivity index (χ2v) is 6.01. The number of carbonyl (C=O) groups excluding carboxylic acids is 1. The molecule has 5 nitrogen and oxygen atoms in total. The van der Waals surface area contributed by atoms with Crippen LogP contribution in [0.3, 0.4) is 0 Å². The normalized spacial score (nSPS) is 11.6. The first-order valence-electron chi connectivity index (χ1n) is 7.09. The van der Waals surface area contributed by atoms with Crippen molar-refractivity contribution < 1.29 is 9.53 Å². The molecule has 0 fully saturated rings. The lowest BCUT2D eigenvalue weighted by Gasteiger charge is -2.18. The summed E-state index contributed by atoms with van der Waals surface area (Å²) >= 11 is 0. The number of hydrogen-bond acceptors (Lipinski definition) is 4. The van der Waals surface area contributed by atoms with Crippen LogP contribution in [0.1, 0.15) is 31.3 Å². The molecule has 3 rings (SSSR count). The van der Waals surface area contributed by atoms with E-state index in [0.717, 1.165) is 11.3 Å². The number of carbonyl (C=O) groups is 1. The van der Waals surface area contributed by atoms with Gasteiger partial charge in [0.2, 0.25) is 0 Å². The van der Waals surface area contributed by atoms with Gasteiger partial charge in [-0.2, -0.15) is 0 Å². The zero-order chi connectivity index (χ0) is 15.7. The molecule has 0 amide bonds. The quantitative estimate of drug-likeness (QED) is 0.680. The van der Waals surface area contributed by atoms with Gasteiger partial charge in [0.05, 0.1) is 5.69 Å². The lowest BCUT2D eigenvalue weighted by atomic mass is 10.1. The molecule has 0 aliphatic rings. The van der Waals surface area contributed by atoms with E-state index in [-0.39, 0.29) is 5.69 Å². The van der Waals surface area contributed by atoms with Gasteiger partial charge in [-0.25, -0.2) is 9.31 Å². The molecule has 0 radical (unpaired) electrons. The molecule has 112 valence electrons. The van der Waals surface area contributed by atoms with Gasteiger partial charge in [-0.1, -0.05) is 41.6 Å². The first-order valence-corrected chi connectivity index (χ1v) is 7.09. The Kier molecular flexibility index (Phi) is 3.41. The number of rotatable bonds is 2. The molecule has 2 heterocycles. The van der Waals surface area contributed by atoms with Gasteiger partial charge >= 0.3 is 5.97 Å². The summed E-state index contributed by atoms with van der Waals surface area (Å²) in [5, 5.41) is 8.12. The zero-order valence-corrected chi connectivity index (χ0v) is 12.8. The predicted octanol–water partition coefficient (Wildman–Crippen LogP) is 3.35. The summed E-state index contributed by atoms with van der Waals surface area (Å²) in [6.07, 6.45) is 0. The molecule has 0 bridgehead atoms. The number of nitrogens with zero attached hydrogens (tertiary/aromatic N) is 3. The second-order valence-electron chi connectivity index (χ2n) is 6.01. The fraction of sp³-hybridized carbons (Fsp3) is 0.235. The molecule has 0 aliphatic carbocycles. The number of hydrogen-bond donors (Lipinski definition) is 0. The Morgan fingerprint density at radius 3 is 2.45 bits per heavy atom. The van der Waals surface area contributed by atoms with E-state index in [1.807, 2.05) is 69.3 Å². The minimum atomic E-state index is -0.565. The molecule has 0 atom stereocenters. The smallest absolute Gasteiger partial charge is 0.361 e. The van der Waals surface area contributed by atoms with Gasteiger partial charge in [0.25, 0.3) is 0 Å².